The number of carbonyl (C=O) groups excluding carboxylic acids is 1. The van der Waals surface area contributed by atoms with Gasteiger partial charge in [-0.05, 0) is 38.0 Å². The second kappa shape index (κ2) is 6.58. The van der Waals surface area contributed by atoms with Gasteiger partial charge in [-0.15, -0.1) is 0 Å². The molecule has 114 valence electrons. The summed E-state index contributed by atoms with van der Waals surface area (Å²) in [7, 11) is 0. The van der Waals surface area contributed by atoms with Crippen molar-refractivity contribution >= 4 is 5.91 Å². The van der Waals surface area contributed by atoms with E-state index in [0.717, 1.165) is 6.42 Å². The van der Waals surface area contributed by atoms with Crippen LogP contribution in [-0.2, 0) is 6.54 Å². The maximum Gasteiger partial charge on any atom is 0.287 e. The van der Waals surface area contributed by atoms with Crippen LogP contribution in [0.2, 0.25) is 0 Å². The van der Waals surface area contributed by atoms with Gasteiger partial charge in [-0.25, -0.2) is 0 Å². The number of nitrogens with zero attached hydrogens (tertiary/aromatic N) is 2. The lowest BCUT2D eigenvalue weighted by Gasteiger charge is -2.28. The minimum atomic E-state index is -0.430. The highest BCUT2D eigenvalue weighted by atomic mass is 16.4. The molecule has 2 aromatic heterocycles. The third-order valence-electron chi connectivity index (χ3n) is 3.62. The zero-order chi connectivity index (χ0) is 15.3. The molecule has 1 unspecified atom stereocenters. The Morgan fingerprint density at radius 1 is 1.52 bits per heavy atom. The molecule has 2 aromatic rings. The number of aliphatic hydroxyl groups excluding tert-OH is 1. The van der Waals surface area contributed by atoms with Crippen LogP contribution in [0.4, 0.5) is 0 Å². The van der Waals surface area contributed by atoms with Gasteiger partial charge in [-0.1, -0.05) is 6.92 Å². The maximum atomic E-state index is 12.2. The first-order valence-electron chi connectivity index (χ1n) is 7.06. The van der Waals surface area contributed by atoms with Crippen LogP contribution in [0.1, 0.15) is 43.0 Å². The second-order valence-electron chi connectivity index (χ2n) is 5.31. The monoisotopic (exact) mass is 291 g/mol. The molecule has 0 saturated heterocycles. The van der Waals surface area contributed by atoms with Crippen LogP contribution in [0.3, 0.4) is 0 Å². The maximum absolute atomic E-state index is 12.2. The van der Waals surface area contributed by atoms with Crippen molar-refractivity contribution in [3.05, 3.63) is 42.1 Å². The molecule has 0 spiro atoms. The van der Waals surface area contributed by atoms with Crippen molar-refractivity contribution in [1.29, 1.82) is 0 Å². The molecule has 1 atom stereocenters. The van der Waals surface area contributed by atoms with Crippen molar-refractivity contribution in [2.75, 3.05) is 6.61 Å². The number of furan rings is 1. The Balaban J connectivity index is 2.01. The Morgan fingerprint density at radius 2 is 2.33 bits per heavy atom. The predicted octanol–water partition coefficient (Wildman–Crippen LogP) is 1.81. The molecule has 6 heteroatoms. The third-order valence-corrected chi connectivity index (χ3v) is 3.62. The molecule has 0 aliphatic carbocycles. The molecule has 2 heterocycles. The van der Waals surface area contributed by atoms with E-state index in [-0.39, 0.29) is 18.3 Å². The Hall–Kier alpha value is -2.08. The fourth-order valence-electron chi connectivity index (χ4n) is 2.05. The summed E-state index contributed by atoms with van der Waals surface area (Å²) >= 11 is 0. The van der Waals surface area contributed by atoms with Crippen molar-refractivity contribution in [1.82, 2.24) is 15.1 Å². The van der Waals surface area contributed by atoms with Gasteiger partial charge in [0, 0.05) is 24.5 Å². The zero-order valence-electron chi connectivity index (χ0n) is 12.4. The molecule has 2 rings (SSSR count). The topological polar surface area (TPSA) is 80.3 Å². The normalized spacial score (nSPS) is 13.9. The standard InChI is InChI=1S/C15H21N3O3/c1-3-15(2,7-10-19)17-14(20)13-6-5-12(21-13)11-18-9-4-8-16-18/h4-6,8-9,19H,3,7,10-11H2,1-2H3,(H,17,20). The molecular weight excluding hydrogens is 270 g/mol. The molecule has 0 aliphatic rings. The average molecular weight is 291 g/mol. The molecule has 0 saturated carbocycles. The van der Waals surface area contributed by atoms with Gasteiger partial charge in [-0.2, -0.15) is 5.10 Å². The highest BCUT2D eigenvalue weighted by molar-refractivity contribution is 5.92. The Labute approximate surface area is 123 Å². The molecule has 0 fully saturated rings. The van der Waals surface area contributed by atoms with E-state index >= 15 is 0 Å². The quantitative estimate of drug-likeness (QED) is 0.815. The van der Waals surface area contributed by atoms with Crippen molar-refractivity contribution in [3.63, 3.8) is 0 Å². The van der Waals surface area contributed by atoms with E-state index < -0.39 is 5.54 Å². The van der Waals surface area contributed by atoms with Crippen molar-refractivity contribution in [2.45, 2.75) is 38.8 Å². The Kier molecular flexibility index (Phi) is 4.80. The first-order valence-corrected chi connectivity index (χ1v) is 7.06. The average Bonchev–Trinajstić information content (AvgIpc) is 3.11. The van der Waals surface area contributed by atoms with Crippen LogP contribution in [0.25, 0.3) is 0 Å². The van der Waals surface area contributed by atoms with Crippen molar-refractivity contribution in [3.8, 4) is 0 Å². The van der Waals surface area contributed by atoms with E-state index in [2.05, 4.69) is 10.4 Å². The van der Waals surface area contributed by atoms with E-state index in [4.69, 9.17) is 9.52 Å². The molecule has 0 aliphatic heterocycles. The van der Waals surface area contributed by atoms with Crippen LogP contribution in [0, 0.1) is 0 Å². The fraction of sp³-hybridized carbons (Fsp3) is 0.467. The highest BCUT2D eigenvalue weighted by Gasteiger charge is 2.25. The van der Waals surface area contributed by atoms with Crippen molar-refractivity contribution in [2.24, 2.45) is 0 Å². The van der Waals surface area contributed by atoms with Crippen LogP contribution in [0.5, 0.6) is 0 Å². The summed E-state index contributed by atoms with van der Waals surface area (Å²) in [4.78, 5) is 12.2. The van der Waals surface area contributed by atoms with E-state index in [0.29, 0.717) is 18.7 Å². The summed E-state index contributed by atoms with van der Waals surface area (Å²) in [5.74, 6) is 0.679. The number of amides is 1. The summed E-state index contributed by atoms with van der Waals surface area (Å²) in [6, 6.07) is 5.26. The van der Waals surface area contributed by atoms with E-state index in [9.17, 15) is 4.79 Å². The summed E-state index contributed by atoms with van der Waals surface area (Å²) < 4.78 is 7.28. The highest BCUT2D eigenvalue weighted by Crippen LogP contribution is 2.16. The Morgan fingerprint density at radius 3 is 2.95 bits per heavy atom. The van der Waals surface area contributed by atoms with Gasteiger partial charge in [0.05, 0.1) is 6.54 Å². The van der Waals surface area contributed by atoms with E-state index in [1.165, 1.54) is 0 Å². The lowest BCUT2D eigenvalue weighted by atomic mass is 9.95. The smallest absolute Gasteiger partial charge is 0.287 e. The van der Waals surface area contributed by atoms with Crippen LogP contribution < -0.4 is 5.32 Å². The summed E-state index contributed by atoms with van der Waals surface area (Å²) in [6.45, 7) is 4.41. The first kappa shape index (κ1) is 15.3. The van der Waals surface area contributed by atoms with Gasteiger partial charge in [0.2, 0.25) is 0 Å². The lowest BCUT2D eigenvalue weighted by molar-refractivity contribution is 0.0855. The zero-order valence-corrected chi connectivity index (χ0v) is 12.4. The molecule has 21 heavy (non-hydrogen) atoms. The molecule has 2 N–H and O–H groups in total. The van der Waals surface area contributed by atoms with Gasteiger partial charge in [0.15, 0.2) is 5.76 Å². The van der Waals surface area contributed by atoms with E-state index in [1.54, 1.807) is 23.0 Å². The van der Waals surface area contributed by atoms with Gasteiger partial charge in [0.25, 0.3) is 5.91 Å². The molecular formula is C15H21N3O3. The number of rotatable bonds is 7. The molecule has 0 aromatic carbocycles. The number of carbonyl (C=O) groups is 1. The van der Waals surface area contributed by atoms with Gasteiger partial charge in [0.1, 0.15) is 5.76 Å². The van der Waals surface area contributed by atoms with Crippen LogP contribution in [-0.4, -0.2) is 32.9 Å². The molecule has 1 amide bonds. The minimum absolute atomic E-state index is 0.0350. The minimum Gasteiger partial charge on any atom is -0.454 e. The van der Waals surface area contributed by atoms with E-state index in [1.807, 2.05) is 26.1 Å². The Bertz CT molecular complexity index is 577. The fourth-order valence-corrected chi connectivity index (χ4v) is 2.05. The second-order valence-corrected chi connectivity index (χ2v) is 5.31. The van der Waals surface area contributed by atoms with Gasteiger partial charge >= 0.3 is 0 Å². The van der Waals surface area contributed by atoms with Crippen LogP contribution in [0.15, 0.2) is 35.0 Å². The first-order chi connectivity index (χ1) is 10.1. The van der Waals surface area contributed by atoms with Crippen LogP contribution >= 0.6 is 0 Å². The number of aliphatic hydroxyl groups is 1. The summed E-state index contributed by atoms with van der Waals surface area (Å²) in [5, 5.41) is 16.1. The number of hydrogen-bond acceptors (Lipinski definition) is 4. The van der Waals surface area contributed by atoms with Gasteiger partial charge in [-0.3, -0.25) is 9.48 Å². The molecule has 0 radical (unpaired) electrons. The SMILES string of the molecule is CCC(C)(CCO)NC(=O)c1ccc(Cn2cccn2)o1. The van der Waals surface area contributed by atoms with Gasteiger partial charge < -0.3 is 14.8 Å². The lowest BCUT2D eigenvalue weighted by Crippen LogP contribution is -2.46. The molecule has 0 bridgehead atoms. The van der Waals surface area contributed by atoms with Crippen molar-refractivity contribution < 1.29 is 14.3 Å². The summed E-state index contributed by atoms with van der Waals surface area (Å²) in [6.07, 6.45) is 4.77. The third kappa shape index (κ3) is 3.95. The predicted molar refractivity (Wildman–Crippen MR) is 77.9 cm³/mol. The number of nitrogens with one attached hydrogen (secondary N) is 1. The number of hydrogen-bond donors (Lipinski definition) is 2. The molecule has 6 nitrogen and oxygen atoms in total. The summed E-state index contributed by atoms with van der Waals surface area (Å²) in [5.41, 5.74) is -0.430. The number of aromatic nitrogens is 2. The largest absolute Gasteiger partial charge is 0.454 e.